The number of rotatable bonds is 6. The van der Waals surface area contributed by atoms with E-state index in [1.807, 2.05) is 39.1 Å². The minimum Gasteiger partial charge on any atom is -0.496 e. The summed E-state index contributed by atoms with van der Waals surface area (Å²) in [7, 11) is 5.50. The summed E-state index contributed by atoms with van der Waals surface area (Å²) in [6.45, 7) is 7.56. The molecule has 2 aromatic rings. The van der Waals surface area contributed by atoms with Gasteiger partial charge in [0.25, 0.3) is 0 Å². The molecule has 1 aromatic carbocycles. The number of methoxy groups -OCH3 is 1. The van der Waals surface area contributed by atoms with Crippen LogP contribution in [0, 0.1) is 13.8 Å². The van der Waals surface area contributed by atoms with E-state index in [2.05, 4.69) is 33.4 Å². The standard InChI is InChI=1S/C19H28N4O2.HI/c1-13(18-14(2)22-25-15(18)3)11-21-19(20-4)23(5)12-16-9-7-8-10-17(16)24-6;/h7-10,13H,11-12H2,1-6H3,(H,20,21);1H. The smallest absolute Gasteiger partial charge is 0.193 e. The number of aliphatic imine (C=N–C) groups is 1. The van der Waals surface area contributed by atoms with E-state index in [4.69, 9.17) is 9.26 Å². The van der Waals surface area contributed by atoms with Crippen molar-refractivity contribution in [3.05, 3.63) is 46.8 Å². The van der Waals surface area contributed by atoms with Gasteiger partial charge in [-0.2, -0.15) is 0 Å². The van der Waals surface area contributed by atoms with Crippen molar-refractivity contribution in [2.75, 3.05) is 27.7 Å². The first kappa shape index (κ1) is 22.3. The van der Waals surface area contributed by atoms with E-state index in [0.29, 0.717) is 6.54 Å². The first-order valence-electron chi connectivity index (χ1n) is 8.44. The third-order valence-electron chi connectivity index (χ3n) is 4.32. The zero-order valence-corrected chi connectivity index (χ0v) is 18.7. The lowest BCUT2D eigenvalue weighted by Crippen LogP contribution is -2.40. The van der Waals surface area contributed by atoms with Gasteiger partial charge in [0.1, 0.15) is 11.5 Å². The SMILES string of the molecule is CN=C(NCC(C)c1c(C)noc1C)N(C)Cc1ccccc1OC.I. The summed E-state index contributed by atoms with van der Waals surface area (Å²) in [6.07, 6.45) is 0. The summed E-state index contributed by atoms with van der Waals surface area (Å²) in [5, 5.41) is 7.47. The van der Waals surface area contributed by atoms with Gasteiger partial charge in [-0.25, -0.2) is 0 Å². The highest BCUT2D eigenvalue weighted by molar-refractivity contribution is 14.0. The molecule has 26 heavy (non-hydrogen) atoms. The van der Waals surface area contributed by atoms with Crippen LogP contribution in [0.5, 0.6) is 5.75 Å². The van der Waals surface area contributed by atoms with Crippen LogP contribution in [0.3, 0.4) is 0 Å². The average Bonchev–Trinajstić information content (AvgIpc) is 2.94. The third kappa shape index (κ3) is 5.36. The number of nitrogens with zero attached hydrogens (tertiary/aromatic N) is 3. The van der Waals surface area contributed by atoms with E-state index in [9.17, 15) is 0 Å². The highest BCUT2D eigenvalue weighted by Gasteiger charge is 2.17. The topological polar surface area (TPSA) is 62.9 Å². The Morgan fingerprint density at radius 2 is 2.04 bits per heavy atom. The number of halogens is 1. The van der Waals surface area contributed by atoms with Crippen LogP contribution < -0.4 is 10.1 Å². The average molecular weight is 472 g/mol. The molecule has 0 aliphatic rings. The maximum absolute atomic E-state index is 5.43. The van der Waals surface area contributed by atoms with Gasteiger partial charge in [0.05, 0.1) is 12.8 Å². The number of nitrogens with one attached hydrogen (secondary N) is 1. The van der Waals surface area contributed by atoms with E-state index in [-0.39, 0.29) is 29.9 Å². The highest BCUT2D eigenvalue weighted by Crippen LogP contribution is 2.22. The molecule has 1 N–H and O–H groups in total. The molecule has 1 unspecified atom stereocenters. The number of aromatic nitrogens is 1. The Morgan fingerprint density at radius 3 is 2.62 bits per heavy atom. The van der Waals surface area contributed by atoms with Crippen molar-refractivity contribution in [1.82, 2.24) is 15.4 Å². The van der Waals surface area contributed by atoms with Crippen LogP contribution in [-0.4, -0.2) is 43.8 Å². The Labute approximate surface area is 173 Å². The largest absolute Gasteiger partial charge is 0.496 e. The number of para-hydroxylation sites is 1. The summed E-state index contributed by atoms with van der Waals surface area (Å²) in [5.74, 6) is 2.88. The molecule has 7 heteroatoms. The second-order valence-electron chi connectivity index (χ2n) is 6.23. The number of hydrogen-bond donors (Lipinski definition) is 1. The van der Waals surface area contributed by atoms with Crippen LogP contribution in [0.1, 0.15) is 35.4 Å². The summed E-state index contributed by atoms with van der Waals surface area (Å²) >= 11 is 0. The molecule has 1 heterocycles. The van der Waals surface area contributed by atoms with Crippen LogP contribution in [0.4, 0.5) is 0 Å². The Morgan fingerprint density at radius 1 is 1.35 bits per heavy atom. The van der Waals surface area contributed by atoms with Gasteiger partial charge in [0.15, 0.2) is 5.96 Å². The van der Waals surface area contributed by atoms with Gasteiger partial charge in [0, 0.05) is 44.2 Å². The minimum absolute atomic E-state index is 0. The van der Waals surface area contributed by atoms with Crippen molar-refractivity contribution in [1.29, 1.82) is 0 Å². The molecule has 0 aliphatic heterocycles. The molecule has 0 fully saturated rings. The summed E-state index contributed by atoms with van der Waals surface area (Å²) in [4.78, 5) is 6.47. The molecular weight excluding hydrogens is 443 g/mol. The first-order valence-corrected chi connectivity index (χ1v) is 8.44. The van der Waals surface area contributed by atoms with Crippen molar-refractivity contribution >= 4 is 29.9 Å². The summed E-state index contributed by atoms with van der Waals surface area (Å²) in [5.41, 5.74) is 3.23. The Balaban J connectivity index is 0.00000338. The van der Waals surface area contributed by atoms with Crippen LogP contribution in [-0.2, 0) is 6.54 Å². The lowest BCUT2D eigenvalue weighted by Gasteiger charge is -2.24. The second-order valence-corrected chi connectivity index (χ2v) is 6.23. The number of aryl methyl sites for hydroxylation is 2. The van der Waals surface area contributed by atoms with Gasteiger partial charge in [-0.1, -0.05) is 30.3 Å². The normalized spacial score (nSPS) is 12.3. The zero-order valence-electron chi connectivity index (χ0n) is 16.4. The van der Waals surface area contributed by atoms with Crippen LogP contribution >= 0.6 is 24.0 Å². The van der Waals surface area contributed by atoms with E-state index in [1.54, 1.807) is 14.2 Å². The van der Waals surface area contributed by atoms with Crippen LogP contribution in [0.2, 0.25) is 0 Å². The molecule has 0 saturated carbocycles. The Kier molecular flexibility index (Phi) is 8.91. The van der Waals surface area contributed by atoms with Crippen molar-refractivity contribution in [2.45, 2.75) is 33.2 Å². The van der Waals surface area contributed by atoms with Crippen molar-refractivity contribution in [2.24, 2.45) is 4.99 Å². The van der Waals surface area contributed by atoms with Crippen molar-refractivity contribution in [3.8, 4) is 5.75 Å². The summed E-state index contributed by atoms with van der Waals surface area (Å²) in [6, 6.07) is 8.02. The van der Waals surface area contributed by atoms with Crippen LogP contribution in [0.25, 0.3) is 0 Å². The lowest BCUT2D eigenvalue weighted by atomic mass is 10.00. The Bertz CT molecular complexity index is 711. The van der Waals surface area contributed by atoms with Gasteiger partial charge in [-0.05, 0) is 19.9 Å². The third-order valence-corrected chi connectivity index (χ3v) is 4.32. The first-order chi connectivity index (χ1) is 12.0. The van der Waals surface area contributed by atoms with Gasteiger partial charge in [-0.15, -0.1) is 24.0 Å². The predicted octanol–water partition coefficient (Wildman–Crippen LogP) is 3.73. The van der Waals surface area contributed by atoms with E-state index < -0.39 is 0 Å². The molecule has 0 radical (unpaired) electrons. The molecule has 0 aliphatic carbocycles. The lowest BCUT2D eigenvalue weighted by molar-refractivity contribution is 0.391. The fourth-order valence-electron chi connectivity index (χ4n) is 3.09. The predicted molar refractivity (Wildman–Crippen MR) is 116 cm³/mol. The number of benzene rings is 1. The summed E-state index contributed by atoms with van der Waals surface area (Å²) < 4.78 is 10.7. The molecule has 0 bridgehead atoms. The monoisotopic (exact) mass is 472 g/mol. The maximum Gasteiger partial charge on any atom is 0.193 e. The Hall–Kier alpha value is -1.77. The molecule has 6 nitrogen and oxygen atoms in total. The molecular formula is C19H29IN4O2. The number of hydrogen-bond acceptors (Lipinski definition) is 4. The molecule has 0 saturated heterocycles. The van der Waals surface area contributed by atoms with Crippen molar-refractivity contribution < 1.29 is 9.26 Å². The van der Waals surface area contributed by atoms with E-state index in [1.165, 1.54) is 0 Å². The quantitative estimate of drug-likeness (QED) is 0.395. The molecule has 1 atom stereocenters. The molecule has 0 spiro atoms. The van der Waals surface area contributed by atoms with Gasteiger partial charge >= 0.3 is 0 Å². The molecule has 2 rings (SSSR count). The highest BCUT2D eigenvalue weighted by atomic mass is 127. The molecule has 144 valence electrons. The number of ether oxygens (including phenoxy) is 1. The fourth-order valence-corrected chi connectivity index (χ4v) is 3.09. The van der Waals surface area contributed by atoms with E-state index in [0.717, 1.165) is 40.8 Å². The zero-order chi connectivity index (χ0) is 18.4. The minimum atomic E-state index is 0. The number of guanidine groups is 1. The van der Waals surface area contributed by atoms with Crippen molar-refractivity contribution in [3.63, 3.8) is 0 Å². The van der Waals surface area contributed by atoms with Gasteiger partial charge < -0.3 is 19.5 Å². The van der Waals surface area contributed by atoms with E-state index >= 15 is 0 Å². The maximum atomic E-state index is 5.43. The van der Waals surface area contributed by atoms with Gasteiger partial charge in [-0.3, -0.25) is 4.99 Å². The molecule has 1 aromatic heterocycles. The fraction of sp³-hybridized carbons (Fsp3) is 0.474. The van der Waals surface area contributed by atoms with Crippen LogP contribution in [0.15, 0.2) is 33.8 Å². The second kappa shape index (κ2) is 10.4. The molecule has 0 amide bonds. The van der Waals surface area contributed by atoms with Gasteiger partial charge in [0.2, 0.25) is 0 Å².